The molecule has 0 aromatic heterocycles. The molecule has 1 fully saturated rings. The Morgan fingerprint density at radius 3 is 2.29 bits per heavy atom. The maximum absolute atomic E-state index is 13.8. The van der Waals surface area contributed by atoms with Crippen LogP contribution in [0.1, 0.15) is 40.6 Å². The van der Waals surface area contributed by atoms with Crippen molar-refractivity contribution in [2.75, 3.05) is 7.05 Å². The van der Waals surface area contributed by atoms with Gasteiger partial charge in [0, 0.05) is 6.04 Å². The van der Waals surface area contributed by atoms with Gasteiger partial charge in [0.25, 0.3) is 0 Å². The summed E-state index contributed by atoms with van der Waals surface area (Å²) in [6, 6.07) is 15.0. The molecule has 1 N–H and O–H groups in total. The normalized spacial score (nSPS) is 22.1. The third-order valence-corrected chi connectivity index (χ3v) is 4.62. The molecule has 1 saturated carbocycles. The fourth-order valence-corrected chi connectivity index (χ4v) is 3.45. The Kier molecular flexibility index (Phi) is 3.81. The predicted molar refractivity (Wildman–Crippen MR) is 85.0 cm³/mol. The zero-order valence-corrected chi connectivity index (χ0v) is 12.9. The van der Waals surface area contributed by atoms with Crippen LogP contribution in [0.25, 0.3) is 0 Å². The smallest absolute Gasteiger partial charge is 0.129 e. The number of rotatable bonds is 4. The lowest BCUT2D eigenvalue weighted by atomic mass is 9.95. The summed E-state index contributed by atoms with van der Waals surface area (Å²) >= 11 is 0. The summed E-state index contributed by atoms with van der Waals surface area (Å²) in [5.41, 5.74) is 4.10. The van der Waals surface area contributed by atoms with E-state index in [0.29, 0.717) is 17.9 Å². The SMILES string of the molecule is CNC(c1cc(C)c(F)c(C)c1)C1CC1c1ccccc1. The summed E-state index contributed by atoms with van der Waals surface area (Å²) in [6.45, 7) is 3.69. The van der Waals surface area contributed by atoms with Gasteiger partial charge < -0.3 is 5.32 Å². The van der Waals surface area contributed by atoms with Crippen LogP contribution in [0.5, 0.6) is 0 Å². The van der Waals surface area contributed by atoms with Crippen molar-refractivity contribution in [1.82, 2.24) is 5.32 Å². The summed E-state index contributed by atoms with van der Waals surface area (Å²) < 4.78 is 13.8. The van der Waals surface area contributed by atoms with Crippen LogP contribution in [0.3, 0.4) is 0 Å². The molecule has 0 bridgehead atoms. The molecule has 1 nitrogen and oxygen atoms in total. The van der Waals surface area contributed by atoms with Crippen molar-refractivity contribution in [3.05, 3.63) is 70.5 Å². The zero-order valence-electron chi connectivity index (χ0n) is 12.9. The van der Waals surface area contributed by atoms with Gasteiger partial charge in [-0.05, 0) is 61.4 Å². The summed E-state index contributed by atoms with van der Waals surface area (Å²) in [5, 5.41) is 3.43. The predicted octanol–water partition coefficient (Wildman–Crippen LogP) is 4.51. The van der Waals surface area contributed by atoms with Gasteiger partial charge in [0.1, 0.15) is 5.82 Å². The molecule has 3 unspecified atom stereocenters. The number of nitrogens with one attached hydrogen (secondary N) is 1. The lowest BCUT2D eigenvalue weighted by Gasteiger charge is -2.19. The van der Waals surface area contributed by atoms with Crippen LogP contribution in [0.4, 0.5) is 4.39 Å². The number of aryl methyl sites for hydroxylation is 2. The van der Waals surface area contributed by atoms with Gasteiger partial charge in [-0.3, -0.25) is 0 Å². The lowest BCUT2D eigenvalue weighted by molar-refractivity contribution is 0.514. The molecule has 0 heterocycles. The summed E-state index contributed by atoms with van der Waals surface area (Å²) in [7, 11) is 2.00. The molecule has 0 saturated heterocycles. The van der Waals surface area contributed by atoms with Gasteiger partial charge >= 0.3 is 0 Å². The second-order valence-corrected chi connectivity index (χ2v) is 6.15. The quantitative estimate of drug-likeness (QED) is 0.870. The van der Waals surface area contributed by atoms with Crippen molar-refractivity contribution >= 4 is 0 Å². The molecule has 2 aromatic rings. The molecular weight excluding hydrogens is 261 g/mol. The van der Waals surface area contributed by atoms with E-state index in [4.69, 9.17) is 0 Å². The van der Waals surface area contributed by atoms with E-state index in [2.05, 4.69) is 35.6 Å². The highest BCUT2D eigenvalue weighted by Crippen LogP contribution is 2.54. The highest BCUT2D eigenvalue weighted by molar-refractivity contribution is 5.35. The Labute approximate surface area is 126 Å². The minimum atomic E-state index is -0.0796. The largest absolute Gasteiger partial charge is 0.313 e. The van der Waals surface area contributed by atoms with Crippen molar-refractivity contribution < 1.29 is 4.39 Å². The van der Waals surface area contributed by atoms with Crippen LogP contribution < -0.4 is 5.32 Å². The van der Waals surface area contributed by atoms with Crippen molar-refractivity contribution in [3.63, 3.8) is 0 Å². The number of halogens is 1. The zero-order chi connectivity index (χ0) is 15.0. The Morgan fingerprint density at radius 1 is 1.10 bits per heavy atom. The van der Waals surface area contributed by atoms with E-state index in [-0.39, 0.29) is 5.82 Å². The molecule has 0 amide bonds. The maximum atomic E-state index is 13.8. The third-order valence-electron chi connectivity index (χ3n) is 4.62. The Balaban J connectivity index is 1.84. The minimum Gasteiger partial charge on any atom is -0.313 e. The van der Waals surface area contributed by atoms with Crippen LogP contribution in [0.2, 0.25) is 0 Å². The van der Waals surface area contributed by atoms with Gasteiger partial charge in [0.05, 0.1) is 0 Å². The van der Waals surface area contributed by atoms with Crippen LogP contribution in [-0.2, 0) is 0 Å². The van der Waals surface area contributed by atoms with E-state index in [1.165, 1.54) is 17.5 Å². The monoisotopic (exact) mass is 283 g/mol. The fourth-order valence-electron chi connectivity index (χ4n) is 3.45. The molecule has 0 radical (unpaired) electrons. The molecule has 2 heteroatoms. The second-order valence-electron chi connectivity index (χ2n) is 6.15. The Morgan fingerprint density at radius 2 is 1.71 bits per heavy atom. The van der Waals surface area contributed by atoms with Crippen molar-refractivity contribution in [3.8, 4) is 0 Å². The number of hydrogen-bond donors (Lipinski definition) is 1. The molecule has 3 atom stereocenters. The third kappa shape index (κ3) is 2.73. The summed E-state index contributed by atoms with van der Waals surface area (Å²) in [5.74, 6) is 1.14. The van der Waals surface area contributed by atoms with Gasteiger partial charge in [-0.15, -0.1) is 0 Å². The van der Waals surface area contributed by atoms with E-state index >= 15 is 0 Å². The average Bonchev–Trinajstić information content (AvgIpc) is 3.27. The van der Waals surface area contributed by atoms with Crippen LogP contribution in [0.15, 0.2) is 42.5 Å². The topological polar surface area (TPSA) is 12.0 Å². The van der Waals surface area contributed by atoms with Crippen LogP contribution in [-0.4, -0.2) is 7.05 Å². The van der Waals surface area contributed by atoms with E-state index in [1.54, 1.807) is 0 Å². The van der Waals surface area contributed by atoms with Crippen molar-refractivity contribution in [2.45, 2.75) is 32.2 Å². The molecular formula is C19H22FN. The standard InChI is InChI=1S/C19H22FN/c1-12-9-15(10-13(2)18(12)20)19(21-3)17-11-16(17)14-7-5-4-6-8-14/h4-10,16-17,19,21H,11H2,1-3H3. The maximum Gasteiger partial charge on any atom is 0.129 e. The minimum absolute atomic E-state index is 0.0796. The first-order chi connectivity index (χ1) is 10.1. The van der Waals surface area contributed by atoms with Crippen LogP contribution in [0, 0.1) is 25.6 Å². The molecule has 1 aliphatic carbocycles. The first kappa shape index (κ1) is 14.3. The summed E-state index contributed by atoms with van der Waals surface area (Å²) in [4.78, 5) is 0. The van der Waals surface area contributed by atoms with Gasteiger partial charge in [-0.1, -0.05) is 42.5 Å². The average molecular weight is 283 g/mol. The van der Waals surface area contributed by atoms with Crippen molar-refractivity contribution in [2.24, 2.45) is 5.92 Å². The second kappa shape index (κ2) is 5.61. The lowest BCUT2D eigenvalue weighted by Crippen LogP contribution is -2.19. The Bertz CT molecular complexity index is 612. The molecule has 3 rings (SSSR count). The van der Waals surface area contributed by atoms with E-state index in [0.717, 1.165) is 11.1 Å². The molecule has 1 aliphatic rings. The van der Waals surface area contributed by atoms with E-state index in [1.807, 2.05) is 33.0 Å². The highest BCUT2D eigenvalue weighted by atomic mass is 19.1. The molecule has 21 heavy (non-hydrogen) atoms. The van der Waals surface area contributed by atoms with Crippen molar-refractivity contribution in [1.29, 1.82) is 0 Å². The molecule has 2 aromatic carbocycles. The molecule has 0 spiro atoms. The summed E-state index contributed by atoms with van der Waals surface area (Å²) in [6.07, 6.45) is 1.20. The van der Waals surface area contributed by atoms with Gasteiger partial charge in [0.15, 0.2) is 0 Å². The van der Waals surface area contributed by atoms with E-state index < -0.39 is 0 Å². The van der Waals surface area contributed by atoms with Crippen LogP contribution >= 0.6 is 0 Å². The van der Waals surface area contributed by atoms with Gasteiger partial charge in [-0.2, -0.15) is 0 Å². The molecule has 0 aliphatic heterocycles. The highest BCUT2D eigenvalue weighted by Gasteiger charge is 2.43. The Hall–Kier alpha value is -1.67. The number of benzene rings is 2. The molecule has 110 valence electrons. The van der Waals surface area contributed by atoms with Gasteiger partial charge in [0.2, 0.25) is 0 Å². The first-order valence-electron chi connectivity index (χ1n) is 7.60. The fraction of sp³-hybridized carbons (Fsp3) is 0.368. The number of hydrogen-bond acceptors (Lipinski definition) is 1. The van der Waals surface area contributed by atoms with Gasteiger partial charge in [-0.25, -0.2) is 4.39 Å². The first-order valence-corrected chi connectivity index (χ1v) is 7.60. The van der Waals surface area contributed by atoms with E-state index in [9.17, 15) is 4.39 Å².